The van der Waals surface area contributed by atoms with E-state index >= 15 is 0 Å². The van der Waals surface area contributed by atoms with E-state index < -0.39 is 5.91 Å². The number of carbonyl (C=O) groups is 1. The van der Waals surface area contributed by atoms with Crippen molar-refractivity contribution in [3.05, 3.63) is 76.0 Å². The normalized spacial score (nSPS) is 15.2. The molecule has 0 saturated carbocycles. The van der Waals surface area contributed by atoms with Gasteiger partial charge in [-0.15, -0.1) is 11.3 Å². The SMILES string of the molecule is Cc1cnc(CNC(=O)c2c(=O)c3ccc(N4CCCCN(C)CC4)nc3n3c2sc2ccccc23)cn1. The first-order chi connectivity index (χ1) is 18.5. The van der Waals surface area contributed by atoms with Gasteiger partial charge in [0.05, 0.1) is 39.7 Å². The average molecular weight is 528 g/mol. The lowest BCUT2D eigenvalue weighted by atomic mass is 10.1. The molecule has 0 atom stereocenters. The molecule has 0 unspecified atom stereocenters. The van der Waals surface area contributed by atoms with Gasteiger partial charge in [0, 0.05) is 25.8 Å². The molecule has 5 aromatic rings. The molecule has 38 heavy (non-hydrogen) atoms. The number of aryl methyl sites for hydroxylation is 1. The van der Waals surface area contributed by atoms with Crippen LogP contribution < -0.4 is 15.6 Å². The van der Waals surface area contributed by atoms with Crippen LogP contribution >= 0.6 is 11.3 Å². The molecule has 1 N–H and O–H groups in total. The Kier molecular flexibility index (Phi) is 6.50. The number of amides is 1. The second-order valence-corrected chi connectivity index (χ2v) is 10.8. The Bertz CT molecular complexity index is 1710. The van der Waals surface area contributed by atoms with Gasteiger partial charge in [-0.25, -0.2) is 4.98 Å². The fourth-order valence-electron chi connectivity index (χ4n) is 4.95. The standard InChI is InChI=1S/C28H29N7O2S/c1-18-15-30-19(16-29-18)17-31-27(37)24-25(36)20-9-10-23(34-12-6-5-11-33(2)13-14-34)32-26(20)35-21-7-3-4-8-22(21)38-28(24)35/h3-4,7-10,15-16H,5-6,11-14,17H2,1-2H3,(H,31,37). The molecule has 0 aliphatic carbocycles. The Labute approximate surface area is 223 Å². The van der Waals surface area contributed by atoms with Gasteiger partial charge in [-0.1, -0.05) is 12.1 Å². The van der Waals surface area contributed by atoms with Crippen LogP contribution in [0.15, 0.2) is 53.6 Å². The number of para-hydroxylation sites is 1. The number of likely N-dealkylation sites (N-methyl/N-ethyl adjacent to an activating group) is 1. The Balaban J connectivity index is 1.47. The zero-order valence-electron chi connectivity index (χ0n) is 21.5. The highest BCUT2D eigenvalue weighted by Gasteiger charge is 2.23. The predicted molar refractivity (Wildman–Crippen MR) is 151 cm³/mol. The van der Waals surface area contributed by atoms with Crippen LogP contribution in [0.2, 0.25) is 0 Å². The first-order valence-electron chi connectivity index (χ1n) is 12.9. The molecule has 10 heteroatoms. The second kappa shape index (κ2) is 10.1. The summed E-state index contributed by atoms with van der Waals surface area (Å²) >= 11 is 1.43. The molecule has 1 aliphatic heterocycles. The quantitative estimate of drug-likeness (QED) is 0.381. The van der Waals surface area contributed by atoms with Gasteiger partial charge >= 0.3 is 0 Å². The number of thiazole rings is 1. The van der Waals surface area contributed by atoms with E-state index in [0.29, 0.717) is 21.6 Å². The number of anilines is 1. The fraction of sp³-hybridized carbons (Fsp3) is 0.321. The van der Waals surface area contributed by atoms with Crippen molar-refractivity contribution in [1.82, 2.24) is 29.6 Å². The predicted octanol–water partition coefficient (Wildman–Crippen LogP) is 3.62. The van der Waals surface area contributed by atoms with Crippen LogP contribution in [0.3, 0.4) is 0 Å². The summed E-state index contributed by atoms with van der Waals surface area (Å²) in [6.45, 7) is 5.91. The number of aromatic nitrogens is 4. The summed E-state index contributed by atoms with van der Waals surface area (Å²) in [4.78, 5) is 46.1. The molecule has 4 aromatic heterocycles. The van der Waals surface area contributed by atoms with Gasteiger partial charge in [0.1, 0.15) is 16.2 Å². The second-order valence-electron chi connectivity index (χ2n) is 9.78. The highest BCUT2D eigenvalue weighted by molar-refractivity contribution is 7.24. The summed E-state index contributed by atoms with van der Waals surface area (Å²) in [5.74, 6) is 0.422. The Hall–Kier alpha value is -3.89. The molecule has 6 rings (SSSR count). The first kappa shape index (κ1) is 24.4. The van der Waals surface area contributed by atoms with Crippen molar-refractivity contribution in [2.24, 2.45) is 0 Å². The number of fused-ring (bicyclic) bond motifs is 5. The summed E-state index contributed by atoms with van der Waals surface area (Å²) < 4.78 is 2.95. The Morgan fingerprint density at radius 2 is 1.87 bits per heavy atom. The van der Waals surface area contributed by atoms with Crippen LogP contribution in [0.25, 0.3) is 26.1 Å². The highest BCUT2D eigenvalue weighted by Crippen LogP contribution is 2.31. The van der Waals surface area contributed by atoms with Gasteiger partial charge in [-0.05, 0) is 57.6 Å². The van der Waals surface area contributed by atoms with Crippen LogP contribution in [0, 0.1) is 6.92 Å². The lowest BCUT2D eigenvalue weighted by Gasteiger charge is -2.29. The largest absolute Gasteiger partial charge is 0.355 e. The van der Waals surface area contributed by atoms with Crippen LogP contribution in [0.5, 0.6) is 0 Å². The number of carbonyl (C=O) groups excluding carboxylic acids is 1. The van der Waals surface area contributed by atoms with Crippen LogP contribution in [0.4, 0.5) is 5.82 Å². The molecular formula is C28H29N7O2S. The maximum atomic E-state index is 13.8. The molecule has 1 fully saturated rings. The minimum absolute atomic E-state index is 0.126. The molecule has 1 aliphatic rings. The molecule has 0 bridgehead atoms. The van der Waals surface area contributed by atoms with Crippen molar-refractivity contribution in [3.63, 3.8) is 0 Å². The molecule has 1 aromatic carbocycles. The lowest BCUT2D eigenvalue weighted by molar-refractivity contribution is 0.0951. The van der Waals surface area contributed by atoms with Crippen LogP contribution in [-0.2, 0) is 6.54 Å². The zero-order chi connectivity index (χ0) is 26.2. The third kappa shape index (κ3) is 4.50. The maximum absolute atomic E-state index is 13.8. The van der Waals surface area contributed by atoms with Gasteiger partial charge in [0.15, 0.2) is 5.65 Å². The van der Waals surface area contributed by atoms with E-state index in [-0.39, 0.29) is 17.5 Å². The van der Waals surface area contributed by atoms with E-state index in [1.807, 2.05) is 47.7 Å². The highest BCUT2D eigenvalue weighted by atomic mass is 32.1. The summed E-state index contributed by atoms with van der Waals surface area (Å²) in [5, 5.41) is 3.31. The lowest BCUT2D eigenvalue weighted by Crippen LogP contribution is -2.37. The van der Waals surface area contributed by atoms with Crippen molar-refractivity contribution in [2.75, 3.05) is 38.1 Å². The summed E-state index contributed by atoms with van der Waals surface area (Å²) in [5.41, 5.74) is 2.74. The molecule has 0 radical (unpaired) electrons. The molecule has 5 heterocycles. The molecule has 194 valence electrons. The Morgan fingerprint density at radius 3 is 2.71 bits per heavy atom. The zero-order valence-corrected chi connectivity index (χ0v) is 22.3. The number of hydrogen-bond acceptors (Lipinski definition) is 8. The monoisotopic (exact) mass is 527 g/mol. The van der Waals surface area contributed by atoms with Crippen LogP contribution in [-0.4, -0.2) is 63.4 Å². The number of nitrogens with one attached hydrogen (secondary N) is 1. The van der Waals surface area contributed by atoms with Gasteiger partial charge < -0.3 is 15.1 Å². The van der Waals surface area contributed by atoms with Gasteiger partial charge in [0.2, 0.25) is 5.43 Å². The first-order valence-corrected chi connectivity index (χ1v) is 13.7. The molecule has 1 saturated heterocycles. The summed E-state index contributed by atoms with van der Waals surface area (Å²) in [6, 6.07) is 11.7. The van der Waals surface area contributed by atoms with Gasteiger partial charge in [-0.2, -0.15) is 0 Å². The van der Waals surface area contributed by atoms with E-state index in [0.717, 1.165) is 60.7 Å². The Morgan fingerprint density at radius 1 is 1.03 bits per heavy atom. The van der Waals surface area contributed by atoms with Crippen molar-refractivity contribution in [3.8, 4) is 0 Å². The molecule has 0 spiro atoms. The molecule has 9 nitrogen and oxygen atoms in total. The van der Waals surface area contributed by atoms with Crippen molar-refractivity contribution < 1.29 is 4.79 Å². The summed E-state index contributed by atoms with van der Waals surface area (Å²) in [6.07, 6.45) is 5.52. The minimum Gasteiger partial charge on any atom is -0.355 e. The van der Waals surface area contributed by atoms with Gasteiger partial charge in [0.25, 0.3) is 5.91 Å². The van der Waals surface area contributed by atoms with E-state index in [2.05, 4.69) is 32.1 Å². The van der Waals surface area contributed by atoms with E-state index in [4.69, 9.17) is 4.98 Å². The van der Waals surface area contributed by atoms with Crippen LogP contribution in [0.1, 0.15) is 34.6 Å². The molecule has 1 amide bonds. The van der Waals surface area contributed by atoms with Crippen molar-refractivity contribution in [1.29, 1.82) is 0 Å². The number of nitrogens with zero attached hydrogens (tertiary/aromatic N) is 6. The van der Waals surface area contributed by atoms with Crippen molar-refractivity contribution in [2.45, 2.75) is 26.3 Å². The van der Waals surface area contributed by atoms with E-state index in [1.165, 1.54) is 11.3 Å². The number of rotatable bonds is 4. The molecular weight excluding hydrogens is 498 g/mol. The maximum Gasteiger partial charge on any atom is 0.258 e. The number of benzene rings is 1. The van der Waals surface area contributed by atoms with Crippen molar-refractivity contribution >= 4 is 49.1 Å². The minimum atomic E-state index is -0.431. The number of pyridine rings is 2. The third-order valence-electron chi connectivity index (χ3n) is 7.06. The van der Waals surface area contributed by atoms with E-state index in [1.54, 1.807) is 12.4 Å². The average Bonchev–Trinajstić information content (AvgIpc) is 3.30. The van der Waals surface area contributed by atoms with Gasteiger partial charge in [-0.3, -0.25) is 24.0 Å². The van der Waals surface area contributed by atoms with E-state index in [9.17, 15) is 9.59 Å². The summed E-state index contributed by atoms with van der Waals surface area (Å²) in [7, 11) is 2.15. The third-order valence-corrected chi connectivity index (χ3v) is 8.20. The fourth-order valence-corrected chi connectivity index (χ4v) is 6.14. The smallest absolute Gasteiger partial charge is 0.258 e. The number of hydrogen-bond donors (Lipinski definition) is 1. The topological polar surface area (TPSA) is 95.7 Å².